The van der Waals surface area contributed by atoms with Gasteiger partial charge in [-0.1, -0.05) is 20.8 Å². The quantitative estimate of drug-likeness (QED) is 0.699. The van der Waals surface area contributed by atoms with Crippen molar-refractivity contribution in [2.45, 2.75) is 84.7 Å². The van der Waals surface area contributed by atoms with Crippen LogP contribution in [0.15, 0.2) is 0 Å². The summed E-state index contributed by atoms with van der Waals surface area (Å²) in [4.78, 5) is 37.1. The van der Waals surface area contributed by atoms with Crippen LogP contribution in [0.4, 0.5) is 0 Å². The molecule has 30 heavy (non-hydrogen) atoms. The molecule has 0 aromatic heterocycles. The molecule has 0 aliphatic heterocycles. The first-order valence-electron chi connectivity index (χ1n) is 11.9. The van der Waals surface area contributed by atoms with E-state index in [2.05, 4.69) is 20.8 Å². The van der Waals surface area contributed by atoms with E-state index < -0.39 is 6.10 Å². The molecular weight excluding hydrogens is 380 g/mol. The van der Waals surface area contributed by atoms with Crippen molar-refractivity contribution in [3.63, 3.8) is 0 Å². The summed E-state index contributed by atoms with van der Waals surface area (Å²) in [6.07, 6.45) is 5.95. The van der Waals surface area contributed by atoms with Gasteiger partial charge in [-0.05, 0) is 67.1 Å². The number of fused-ring (bicyclic) bond motifs is 5. The third-order valence-corrected chi connectivity index (χ3v) is 10.2. The zero-order valence-electron chi connectivity index (χ0n) is 19.0. The highest BCUT2D eigenvalue weighted by atomic mass is 16.5. The van der Waals surface area contributed by atoms with E-state index in [1.165, 1.54) is 7.11 Å². The van der Waals surface area contributed by atoms with E-state index in [-0.39, 0.29) is 40.5 Å². The molecule has 0 saturated heterocycles. The van der Waals surface area contributed by atoms with Gasteiger partial charge in [-0.25, -0.2) is 0 Å². The van der Waals surface area contributed by atoms with E-state index in [9.17, 15) is 19.5 Å². The van der Waals surface area contributed by atoms with Crippen LogP contribution in [0.5, 0.6) is 0 Å². The van der Waals surface area contributed by atoms with Crippen LogP contribution in [0.2, 0.25) is 0 Å². The van der Waals surface area contributed by atoms with Crippen LogP contribution >= 0.6 is 0 Å². The van der Waals surface area contributed by atoms with Gasteiger partial charge in [0, 0.05) is 37.0 Å². The van der Waals surface area contributed by atoms with E-state index in [0.29, 0.717) is 55.5 Å². The number of aliphatic hydroxyl groups excluding tert-OH is 1. The number of hydrogen-bond acceptors (Lipinski definition) is 5. The van der Waals surface area contributed by atoms with Crippen LogP contribution in [-0.2, 0) is 19.1 Å². The third kappa shape index (κ3) is 3.18. The SMILES string of the molecule is COC(=O)CCC(C)C1CCC2C3C(=O)CC4CC(=O)CCC4(C)C3CC(O)C12C. The van der Waals surface area contributed by atoms with Crippen molar-refractivity contribution in [1.82, 2.24) is 0 Å². The molecule has 0 bridgehead atoms. The number of aliphatic hydroxyl groups is 1. The Morgan fingerprint density at radius 2 is 1.93 bits per heavy atom. The van der Waals surface area contributed by atoms with Gasteiger partial charge in [0.2, 0.25) is 0 Å². The van der Waals surface area contributed by atoms with E-state index in [4.69, 9.17) is 4.74 Å². The van der Waals surface area contributed by atoms with Crippen LogP contribution in [0.3, 0.4) is 0 Å². The van der Waals surface area contributed by atoms with Crippen LogP contribution in [0.25, 0.3) is 0 Å². The second-order valence-corrected chi connectivity index (χ2v) is 11.2. The molecule has 4 aliphatic rings. The van der Waals surface area contributed by atoms with Gasteiger partial charge in [-0.2, -0.15) is 0 Å². The molecule has 168 valence electrons. The van der Waals surface area contributed by atoms with Crippen molar-refractivity contribution in [1.29, 1.82) is 0 Å². The van der Waals surface area contributed by atoms with Crippen molar-refractivity contribution in [2.24, 2.45) is 46.3 Å². The van der Waals surface area contributed by atoms with Crippen molar-refractivity contribution >= 4 is 17.5 Å². The number of ketones is 2. The Kier molecular flexibility index (Phi) is 5.66. The van der Waals surface area contributed by atoms with Gasteiger partial charge in [0.25, 0.3) is 0 Å². The van der Waals surface area contributed by atoms with Crippen LogP contribution in [0.1, 0.15) is 78.6 Å². The lowest BCUT2D eigenvalue weighted by molar-refractivity contribution is -0.178. The minimum absolute atomic E-state index is 0.0105. The monoisotopic (exact) mass is 418 g/mol. The van der Waals surface area contributed by atoms with E-state index >= 15 is 0 Å². The van der Waals surface area contributed by atoms with Crippen molar-refractivity contribution in [3.8, 4) is 0 Å². The first-order valence-corrected chi connectivity index (χ1v) is 11.9. The summed E-state index contributed by atoms with van der Waals surface area (Å²) in [5.74, 6) is 1.64. The Bertz CT molecular complexity index is 731. The molecule has 9 atom stereocenters. The maximum atomic E-state index is 13.4. The second kappa shape index (κ2) is 7.72. The summed E-state index contributed by atoms with van der Waals surface area (Å²) in [6.45, 7) is 6.68. The fourth-order valence-corrected chi connectivity index (χ4v) is 8.31. The number of methoxy groups -OCH3 is 1. The fourth-order valence-electron chi connectivity index (χ4n) is 8.31. The summed E-state index contributed by atoms with van der Waals surface area (Å²) < 4.78 is 4.81. The lowest BCUT2D eigenvalue weighted by Crippen LogP contribution is -2.61. The van der Waals surface area contributed by atoms with Gasteiger partial charge in [0.05, 0.1) is 13.2 Å². The van der Waals surface area contributed by atoms with Crippen LogP contribution in [-0.4, -0.2) is 35.9 Å². The van der Waals surface area contributed by atoms with Gasteiger partial charge in [-0.3, -0.25) is 14.4 Å². The second-order valence-electron chi connectivity index (χ2n) is 11.2. The molecule has 4 aliphatic carbocycles. The number of ether oxygens (including phenoxy) is 1. The molecular formula is C25H38O5. The highest BCUT2D eigenvalue weighted by molar-refractivity contribution is 5.86. The smallest absolute Gasteiger partial charge is 0.305 e. The lowest BCUT2D eigenvalue weighted by Gasteiger charge is -2.61. The van der Waals surface area contributed by atoms with E-state index in [0.717, 1.165) is 25.7 Å². The number of rotatable bonds is 4. The molecule has 0 spiro atoms. The number of Topliss-reactive ketones (excluding diaryl/α,β-unsaturated/α-hetero) is 2. The van der Waals surface area contributed by atoms with E-state index in [1.807, 2.05) is 0 Å². The Morgan fingerprint density at radius 3 is 2.63 bits per heavy atom. The Labute approximate surface area is 180 Å². The predicted octanol–water partition coefficient (Wildman–Crippen LogP) is 3.95. The summed E-state index contributed by atoms with van der Waals surface area (Å²) >= 11 is 0. The molecule has 0 aromatic rings. The molecule has 5 nitrogen and oxygen atoms in total. The average molecular weight is 419 g/mol. The maximum absolute atomic E-state index is 13.4. The van der Waals surface area contributed by atoms with Crippen molar-refractivity contribution in [3.05, 3.63) is 0 Å². The highest BCUT2D eigenvalue weighted by Gasteiger charge is 2.65. The molecule has 0 radical (unpaired) electrons. The van der Waals surface area contributed by atoms with Gasteiger partial charge in [0.15, 0.2) is 0 Å². The zero-order valence-corrected chi connectivity index (χ0v) is 19.0. The van der Waals surface area contributed by atoms with Crippen molar-refractivity contribution < 1.29 is 24.2 Å². The number of hydrogen-bond donors (Lipinski definition) is 1. The Morgan fingerprint density at radius 1 is 1.20 bits per heavy atom. The molecule has 0 amide bonds. The zero-order chi connectivity index (χ0) is 21.8. The summed E-state index contributed by atoms with van der Waals surface area (Å²) in [5, 5.41) is 11.5. The topological polar surface area (TPSA) is 80.7 Å². The first kappa shape index (κ1) is 22.0. The Balaban J connectivity index is 1.59. The van der Waals surface area contributed by atoms with Gasteiger partial charge in [-0.15, -0.1) is 0 Å². The molecule has 4 fully saturated rings. The summed E-state index contributed by atoms with van der Waals surface area (Å²) in [6, 6.07) is 0. The van der Waals surface area contributed by atoms with Crippen molar-refractivity contribution in [2.75, 3.05) is 7.11 Å². The maximum Gasteiger partial charge on any atom is 0.305 e. The number of carbonyl (C=O) groups excluding carboxylic acids is 3. The Hall–Kier alpha value is -1.23. The van der Waals surface area contributed by atoms with Gasteiger partial charge >= 0.3 is 5.97 Å². The first-order chi connectivity index (χ1) is 14.1. The number of carbonyl (C=O) groups is 3. The van der Waals surface area contributed by atoms with Gasteiger partial charge < -0.3 is 9.84 Å². The molecule has 4 rings (SSSR count). The number of esters is 1. The minimum Gasteiger partial charge on any atom is -0.469 e. The normalized spacial score (nSPS) is 46.6. The molecule has 0 aromatic carbocycles. The fraction of sp³-hybridized carbons (Fsp3) is 0.880. The largest absolute Gasteiger partial charge is 0.469 e. The summed E-state index contributed by atoms with van der Waals surface area (Å²) in [7, 11) is 1.42. The summed E-state index contributed by atoms with van der Waals surface area (Å²) in [5.41, 5.74) is -0.288. The van der Waals surface area contributed by atoms with Crippen LogP contribution in [0, 0.1) is 46.3 Å². The third-order valence-electron chi connectivity index (χ3n) is 10.2. The van der Waals surface area contributed by atoms with Crippen LogP contribution < -0.4 is 0 Å². The molecule has 9 unspecified atom stereocenters. The molecule has 1 N–H and O–H groups in total. The van der Waals surface area contributed by atoms with E-state index in [1.54, 1.807) is 0 Å². The standard InChI is InChI=1S/C25H38O5/c1-14(5-8-22(29)30-4)17-6-7-18-23-19(13-21(28)25(17,18)3)24(2)10-9-16(26)11-15(24)12-20(23)27/h14-15,17-19,21,23,28H,5-13H2,1-4H3. The molecule has 0 heterocycles. The highest BCUT2D eigenvalue weighted by Crippen LogP contribution is 2.67. The molecule has 4 saturated carbocycles. The predicted molar refractivity (Wildman–Crippen MR) is 112 cm³/mol. The molecule has 5 heteroatoms. The average Bonchev–Trinajstić information content (AvgIpc) is 3.06. The van der Waals surface area contributed by atoms with Gasteiger partial charge in [0.1, 0.15) is 11.6 Å². The lowest BCUT2D eigenvalue weighted by atomic mass is 9.43. The minimum atomic E-state index is -0.433.